The summed E-state index contributed by atoms with van der Waals surface area (Å²) in [4.78, 5) is 30.0. The first-order valence-electron chi connectivity index (χ1n) is 13.2. The maximum absolute atomic E-state index is 13.5. The second-order valence-corrected chi connectivity index (χ2v) is 10.4. The van der Waals surface area contributed by atoms with Crippen molar-refractivity contribution in [3.63, 3.8) is 0 Å². The first-order chi connectivity index (χ1) is 18.1. The molecule has 11 heteroatoms. The Labute approximate surface area is 225 Å². The molecule has 2 heterocycles. The molecule has 1 aromatic rings. The minimum atomic E-state index is -1.77. The van der Waals surface area contributed by atoms with Gasteiger partial charge in [0, 0.05) is 25.2 Å². The molecule has 3 atom stereocenters. The molecule has 2 amide bonds. The highest BCUT2D eigenvalue weighted by molar-refractivity contribution is 6.43. The number of alkyl carbamates (subject to hydrolysis) is 1. The Balaban J connectivity index is 1.62. The lowest BCUT2D eigenvalue weighted by Crippen LogP contribution is -2.53. The quantitative estimate of drug-likeness (QED) is 0.326. The molecule has 206 valence electrons. The van der Waals surface area contributed by atoms with Gasteiger partial charge in [-0.15, -0.1) is 0 Å². The van der Waals surface area contributed by atoms with Crippen LogP contribution in [0.1, 0.15) is 38.7 Å². The van der Waals surface area contributed by atoms with Crippen LogP contribution in [-0.4, -0.2) is 95.9 Å². The van der Waals surface area contributed by atoms with Crippen LogP contribution in [0.3, 0.4) is 0 Å². The summed E-state index contributed by atoms with van der Waals surface area (Å²) < 4.78 is 11.1. The number of amides is 2. The summed E-state index contributed by atoms with van der Waals surface area (Å²) in [6.45, 7) is 11.3. The van der Waals surface area contributed by atoms with Crippen molar-refractivity contribution in [2.75, 3.05) is 39.4 Å². The predicted octanol–water partition coefficient (Wildman–Crippen LogP) is 1.52. The van der Waals surface area contributed by atoms with Crippen LogP contribution >= 0.6 is 0 Å². The number of rotatable bonds is 9. The van der Waals surface area contributed by atoms with Gasteiger partial charge in [-0.05, 0) is 50.7 Å². The maximum Gasteiger partial charge on any atom is 0.475 e. The summed E-state index contributed by atoms with van der Waals surface area (Å²) in [6.07, 6.45) is 0.863. The molecule has 0 bridgehead atoms. The standard InChI is InChI=1S/C27H39BN4O6/c1-20(27(2,3)32-13-15-37-16-14-32)23(18-29)25(33)31-12-8-7-11-22(19-31)38-26(34)30-24(28(35)36)17-21-9-5-4-6-10-21/h4-6,9-10,22-24,35-36H,1,7-8,11-17,19H2,2-3H3,(H,30,34)/t22-,23?,24-/m0/s1. The Morgan fingerprint density at radius 3 is 2.55 bits per heavy atom. The van der Waals surface area contributed by atoms with Crippen LogP contribution < -0.4 is 5.32 Å². The third-order valence-corrected chi connectivity index (χ3v) is 7.49. The molecular weight excluding hydrogens is 487 g/mol. The van der Waals surface area contributed by atoms with Crippen LogP contribution in [0.2, 0.25) is 0 Å². The van der Waals surface area contributed by atoms with Gasteiger partial charge in [0.05, 0.1) is 31.8 Å². The Morgan fingerprint density at radius 2 is 1.92 bits per heavy atom. The van der Waals surface area contributed by atoms with Crippen molar-refractivity contribution >= 4 is 19.1 Å². The van der Waals surface area contributed by atoms with Crippen LogP contribution in [0.4, 0.5) is 4.79 Å². The van der Waals surface area contributed by atoms with Gasteiger partial charge < -0.3 is 29.7 Å². The average molecular weight is 526 g/mol. The fraction of sp³-hybridized carbons (Fsp3) is 0.593. The van der Waals surface area contributed by atoms with E-state index < -0.39 is 36.7 Å². The first-order valence-corrected chi connectivity index (χ1v) is 13.2. The number of hydrogen-bond donors (Lipinski definition) is 3. The highest BCUT2D eigenvalue weighted by atomic mass is 16.6. The van der Waals surface area contributed by atoms with Gasteiger partial charge >= 0.3 is 13.2 Å². The lowest BCUT2D eigenvalue weighted by molar-refractivity contribution is -0.134. The second kappa shape index (κ2) is 13.8. The Kier molecular flexibility index (Phi) is 10.7. The third kappa shape index (κ3) is 7.80. The molecule has 0 aliphatic carbocycles. The number of likely N-dealkylation sites (tertiary alicyclic amines) is 1. The van der Waals surface area contributed by atoms with E-state index in [-0.39, 0.29) is 18.9 Å². The monoisotopic (exact) mass is 526 g/mol. The van der Waals surface area contributed by atoms with Gasteiger partial charge in [0.15, 0.2) is 0 Å². The van der Waals surface area contributed by atoms with Crippen LogP contribution in [0.25, 0.3) is 0 Å². The molecule has 2 aliphatic heterocycles. The van der Waals surface area contributed by atoms with Crippen LogP contribution in [0.5, 0.6) is 0 Å². The molecule has 2 aliphatic rings. The van der Waals surface area contributed by atoms with E-state index in [1.165, 1.54) is 0 Å². The van der Waals surface area contributed by atoms with Crippen molar-refractivity contribution in [2.24, 2.45) is 5.92 Å². The van der Waals surface area contributed by atoms with Gasteiger partial charge in [0.1, 0.15) is 12.0 Å². The number of nitrogens with one attached hydrogen (secondary N) is 1. The van der Waals surface area contributed by atoms with E-state index in [9.17, 15) is 24.9 Å². The van der Waals surface area contributed by atoms with E-state index in [0.717, 1.165) is 18.4 Å². The van der Waals surface area contributed by atoms with Crippen molar-refractivity contribution in [1.82, 2.24) is 15.1 Å². The van der Waals surface area contributed by atoms with E-state index >= 15 is 0 Å². The average Bonchev–Trinajstić information content (AvgIpc) is 3.15. The smallest absolute Gasteiger partial charge is 0.444 e. The molecule has 1 aromatic carbocycles. The fourth-order valence-electron chi connectivity index (χ4n) is 4.98. The summed E-state index contributed by atoms with van der Waals surface area (Å²) in [5.74, 6) is -2.33. The SMILES string of the molecule is C=C(C(C#N)C(=O)N1CCCC[C@H](OC(=O)N[C@@H](Cc2ccccc2)B(O)O)C1)C(C)(C)N1CCOCC1. The number of benzene rings is 1. The Morgan fingerprint density at radius 1 is 1.24 bits per heavy atom. The number of morpholine rings is 1. The van der Waals surface area contributed by atoms with Gasteiger partial charge in [-0.25, -0.2) is 4.79 Å². The molecule has 1 unspecified atom stereocenters. The van der Waals surface area contributed by atoms with E-state index in [0.29, 0.717) is 44.8 Å². The van der Waals surface area contributed by atoms with Gasteiger partial charge in [-0.2, -0.15) is 5.26 Å². The first kappa shape index (κ1) is 29.6. The van der Waals surface area contributed by atoms with Gasteiger partial charge in [-0.3, -0.25) is 9.69 Å². The molecule has 10 nitrogen and oxygen atoms in total. The zero-order valence-electron chi connectivity index (χ0n) is 22.3. The summed E-state index contributed by atoms with van der Waals surface area (Å²) >= 11 is 0. The molecule has 3 N–H and O–H groups in total. The topological polar surface area (TPSA) is 135 Å². The molecule has 0 aromatic heterocycles. The summed E-state index contributed by atoms with van der Waals surface area (Å²) in [7, 11) is -1.77. The van der Waals surface area contributed by atoms with E-state index in [1.807, 2.05) is 44.2 Å². The number of hydrogen-bond acceptors (Lipinski definition) is 8. The fourth-order valence-corrected chi connectivity index (χ4v) is 4.98. The van der Waals surface area contributed by atoms with Crippen molar-refractivity contribution < 1.29 is 29.1 Å². The summed E-state index contributed by atoms with van der Waals surface area (Å²) in [5.41, 5.74) is 0.798. The van der Waals surface area contributed by atoms with E-state index in [2.05, 4.69) is 22.9 Å². The highest BCUT2D eigenvalue weighted by Gasteiger charge is 2.40. The number of carbonyl (C=O) groups is 2. The molecule has 2 fully saturated rings. The number of ether oxygens (including phenoxy) is 2. The van der Waals surface area contributed by atoms with Gasteiger partial charge in [-0.1, -0.05) is 36.9 Å². The van der Waals surface area contributed by atoms with E-state index in [4.69, 9.17) is 9.47 Å². The number of carbonyl (C=O) groups excluding carboxylic acids is 2. The summed E-state index contributed by atoms with van der Waals surface area (Å²) in [5, 5.41) is 32.0. The largest absolute Gasteiger partial charge is 0.475 e. The summed E-state index contributed by atoms with van der Waals surface area (Å²) in [6, 6.07) is 11.3. The molecule has 3 rings (SSSR count). The second-order valence-electron chi connectivity index (χ2n) is 10.4. The van der Waals surface area contributed by atoms with Gasteiger partial charge in [0.25, 0.3) is 0 Å². The van der Waals surface area contributed by atoms with Crippen molar-refractivity contribution in [2.45, 2.75) is 57.1 Å². The third-order valence-electron chi connectivity index (χ3n) is 7.49. The predicted molar refractivity (Wildman–Crippen MR) is 143 cm³/mol. The molecule has 0 saturated carbocycles. The van der Waals surface area contributed by atoms with Crippen LogP contribution in [0.15, 0.2) is 42.5 Å². The molecule has 0 radical (unpaired) electrons. The lowest BCUT2D eigenvalue weighted by atomic mass is 9.76. The minimum absolute atomic E-state index is 0.153. The van der Waals surface area contributed by atoms with Crippen molar-refractivity contribution in [3.8, 4) is 6.07 Å². The Hall–Kier alpha value is -2.91. The van der Waals surface area contributed by atoms with E-state index in [1.54, 1.807) is 4.90 Å². The number of nitrogens with zero attached hydrogens (tertiary/aromatic N) is 3. The van der Waals surface area contributed by atoms with Crippen molar-refractivity contribution in [3.05, 3.63) is 48.0 Å². The highest BCUT2D eigenvalue weighted by Crippen LogP contribution is 2.31. The number of nitriles is 1. The molecule has 38 heavy (non-hydrogen) atoms. The molecule has 0 spiro atoms. The minimum Gasteiger partial charge on any atom is -0.444 e. The maximum atomic E-state index is 13.5. The van der Waals surface area contributed by atoms with Gasteiger partial charge in [0.2, 0.25) is 5.91 Å². The van der Waals surface area contributed by atoms with Crippen LogP contribution in [-0.2, 0) is 20.7 Å². The lowest BCUT2D eigenvalue weighted by Gasteiger charge is -2.43. The molecular formula is C27H39BN4O6. The Bertz CT molecular complexity index is 993. The zero-order valence-corrected chi connectivity index (χ0v) is 22.3. The van der Waals surface area contributed by atoms with Crippen LogP contribution in [0, 0.1) is 17.2 Å². The zero-order chi connectivity index (χ0) is 27.7. The normalized spacial score (nSPS) is 20.4. The van der Waals surface area contributed by atoms with Crippen molar-refractivity contribution in [1.29, 1.82) is 5.26 Å². The molecule has 2 saturated heterocycles.